The monoisotopic (exact) mass is 517 g/mol. The Kier molecular flexibility index (Phi) is 7.19. The Morgan fingerprint density at radius 1 is 1.29 bits per heavy atom. The Morgan fingerprint density at radius 3 is 2.91 bits per heavy atom. The summed E-state index contributed by atoms with van der Waals surface area (Å²) in [6.07, 6.45) is 8.25. The van der Waals surface area contributed by atoms with E-state index in [1.54, 1.807) is 6.20 Å². The van der Waals surface area contributed by atoms with Crippen LogP contribution >= 0.6 is 22.9 Å². The summed E-state index contributed by atoms with van der Waals surface area (Å²) in [4.78, 5) is 26.5. The summed E-state index contributed by atoms with van der Waals surface area (Å²) in [5.41, 5.74) is 1.69. The molecule has 0 aromatic carbocycles. The van der Waals surface area contributed by atoms with Crippen molar-refractivity contribution in [3.05, 3.63) is 33.7 Å². The molecule has 11 heteroatoms. The number of aryl methyl sites for hydroxylation is 1. The van der Waals surface area contributed by atoms with Gasteiger partial charge in [-0.1, -0.05) is 11.6 Å². The molecule has 0 aliphatic heterocycles. The third-order valence-electron chi connectivity index (χ3n) is 6.44. The van der Waals surface area contributed by atoms with E-state index in [9.17, 15) is 4.79 Å². The van der Waals surface area contributed by atoms with Crippen LogP contribution in [0.1, 0.15) is 55.7 Å². The Bertz CT molecular complexity index is 1190. The minimum atomic E-state index is -0.169. The zero-order valence-corrected chi connectivity index (χ0v) is 21.3. The van der Waals surface area contributed by atoms with E-state index >= 15 is 0 Å². The third kappa shape index (κ3) is 5.92. The average Bonchev–Trinajstić information content (AvgIpc) is 3.42. The Hall–Kier alpha value is -2.72. The van der Waals surface area contributed by atoms with Crippen LogP contribution in [0.25, 0.3) is 10.7 Å². The minimum Gasteiger partial charge on any atom is -0.487 e. The highest BCUT2D eigenvalue weighted by molar-refractivity contribution is 7.19. The van der Waals surface area contributed by atoms with Crippen molar-refractivity contribution in [1.82, 2.24) is 20.1 Å². The standard InChI is InChI=1S/C24H28ClN5O4S/c1-13-18(33-17-5-3-4-15(9-17)23(31)32-2)12-26-22(28-13)21-16(10-19(25)35-21)11-27-24-29-20(34-30-24)8-14-6-7-14/h10,12,14-15,17H,3-9,11H2,1-2H3,(H,27,30)/t15-,17-/m0/s1. The Labute approximate surface area is 212 Å². The highest BCUT2D eigenvalue weighted by Crippen LogP contribution is 2.36. The van der Waals surface area contributed by atoms with Crippen LogP contribution in [0.2, 0.25) is 4.34 Å². The van der Waals surface area contributed by atoms with Crippen LogP contribution in [-0.4, -0.2) is 39.3 Å². The number of ether oxygens (including phenoxy) is 2. The van der Waals surface area contributed by atoms with Gasteiger partial charge < -0.3 is 19.3 Å². The van der Waals surface area contributed by atoms with Gasteiger partial charge >= 0.3 is 5.97 Å². The van der Waals surface area contributed by atoms with Crippen molar-refractivity contribution in [3.8, 4) is 16.5 Å². The first-order chi connectivity index (χ1) is 17.0. The van der Waals surface area contributed by atoms with Gasteiger partial charge in [0, 0.05) is 13.0 Å². The summed E-state index contributed by atoms with van der Waals surface area (Å²) in [5, 5.41) is 7.23. The molecule has 5 rings (SSSR count). The molecule has 0 unspecified atom stereocenters. The van der Waals surface area contributed by atoms with Crippen LogP contribution in [0.15, 0.2) is 16.8 Å². The van der Waals surface area contributed by atoms with Crippen molar-refractivity contribution in [1.29, 1.82) is 0 Å². The van der Waals surface area contributed by atoms with E-state index in [4.69, 9.17) is 30.6 Å². The molecule has 1 N–H and O–H groups in total. The van der Waals surface area contributed by atoms with Crippen LogP contribution < -0.4 is 10.1 Å². The summed E-state index contributed by atoms with van der Waals surface area (Å²) in [5.74, 6) is 2.74. The smallest absolute Gasteiger partial charge is 0.308 e. The van der Waals surface area contributed by atoms with Crippen molar-refractivity contribution in [3.63, 3.8) is 0 Å². The molecule has 2 saturated carbocycles. The summed E-state index contributed by atoms with van der Waals surface area (Å²) >= 11 is 7.76. The number of hydrogen-bond acceptors (Lipinski definition) is 10. The van der Waals surface area contributed by atoms with E-state index in [1.807, 2.05) is 13.0 Å². The molecule has 0 radical (unpaired) electrons. The normalized spacial score (nSPS) is 20.0. The van der Waals surface area contributed by atoms with Crippen molar-refractivity contribution in [2.75, 3.05) is 12.4 Å². The van der Waals surface area contributed by atoms with Crippen molar-refractivity contribution >= 4 is 34.9 Å². The van der Waals surface area contributed by atoms with Gasteiger partial charge in [-0.2, -0.15) is 4.98 Å². The molecule has 2 aliphatic rings. The highest BCUT2D eigenvalue weighted by Gasteiger charge is 2.29. The molecule has 35 heavy (non-hydrogen) atoms. The Morgan fingerprint density at radius 2 is 2.14 bits per heavy atom. The topological polar surface area (TPSA) is 112 Å². The molecule has 3 aromatic rings. The molecular weight excluding hydrogens is 490 g/mol. The van der Waals surface area contributed by atoms with E-state index in [1.165, 1.54) is 31.3 Å². The van der Waals surface area contributed by atoms with Crippen LogP contribution in [0.5, 0.6) is 5.75 Å². The fourth-order valence-corrected chi connectivity index (χ4v) is 5.57. The van der Waals surface area contributed by atoms with Crippen LogP contribution in [0.4, 0.5) is 5.95 Å². The van der Waals surface area contributed by atoms with Gasteiger partial charge in [0.15, 0.2) is 11.6 Å². The zero-order chi connectivity index (χ0) is 24.4. The third-order valence-corrected chi connectivity index (χ3v) is 7.74. The summed E-state index contributed by atoms with van der Waals surface area (Å²) < 4.78 is 17.1. The van der Waals surface area contributed by atoms with E-state index in [0.29, 0.717) is 46.6 Å². The first-order valence-electron chi connectivity index (χ1n) is 11.9. The van der Waals surface area contributed by atoms with Crippen LogP contribution in [-0.2, 0) is 22.5 Å². The molecular formula is C24H28ClN5O4S. The predicted octanol–water partition coefficient (Wildman–Crippen LogP) is 5.23. The Balaban J connectivity index is 1.25. The van der Waals surface area contributed by atoms with Gasteiger partial charge in [0.05, 0.1) is 40.2 Å². The number of carbonyl (C=O) groups excluding carboxylic acids is 1. The van der Waals surface area contributed by atoms with Crippen molar-refractivity contribution in [2.24, 2.45) is 11.8 Å². The fourth-order valence-electron chi connectivity index (χ4n) is 4.36. The number of aromatic nitrogens is 4. The molecule has 0 bridgehead atoms. The van der Waals surface area contributed by atoms with Crippen molar-refractivity contribution in [2.45, 2.75) is 64.5 Å². The second-order valence-electron chi connectivity index (χ2n) is 9.19. The van der Waals surface area contributed by atoms with Gasteiger partial charge in [-0.15, -0.1) is 11.3 Å². The quantitative estimate of drug-likeness (QED) is 0.381. The summed E-state index contributed by atoms with van der Waals surface area (Å²) in [6.45, 7) is 2.37. The molecule has 0 spiro atoms. The lowest BCUT2D eigenvalue weighted by molar-refractivity contribution is -0.147. The van der Waals surface area contributed by atoms with E-state index in [2.05, 4.69) is 20.4 Å². The number of methoxy groups -OCH3 is 1. The number of thiophene rings is 1. The average molecular weight is 518 g/mol. The SMILES string of the molecule is COC(=O)[C@H]1CCC[C@H](Oc2cnc(-c3sc(Cl)cc3CNc3noc(CC4CC4)n3)nc2C)C1. The number of rotatable bonds is 9. The zero-order valence-electron chi connectivity index (χ0n) is 19.8. The number of halogens is 1. The van der Waals surface area contributed by atoms with Gasteiger partial charge in [-0.25, -0.2) is 9.97 Å². The summed E-state index contributed by atoms with van der Waals surface area (Å²) in [6, 6.07) is 1.90. The summed E-state index contributed by atoms with van der Waals surface area (Å²) in [7, 11) is 1.43. The van der Waals surface area contributed by atoms with E-state index in [-0.39, 0.29) is 18.0 Å². The highest BCUT2D eigenvalue weighted by atomic mass is 35.5. The molecule has 2 fully saturated rings. The van der Waals surface area contributed by atoms with Gasteiger partial charge in [-0.05, 0) is 68.2 Å². The van der Waals surface area contributed by atoms with Gasteiger partial charge in [0.2, 0.25) is 5.89 Å². The number of nitrogens with zero attached hydrogens (tertiary/aromatic N) is 4. The van der Waals surface area contributed by atoms with E-state index < -0.39 is 0 Å². The lowest BCUT2D eigenvalue weighted by atomic mass is 9.87. The van der Waals surface area contributed by atoms with Gasteiger partial charge in [0.1, 0.15) is 0 Å². The van der Waals surface area contributed by atoms with E-state index in [0.717, 1.165) is 41.8 Å². The maximum absolute atomic E-state index is 11.9. The maximum Gasteiger partial charge on any atom is 0.308 e. The minimum absolute atomic E-state index is 0.0586. The lowest BCUT2D eigenvalue weighted by Gasteiger charge is -2.28. The first-order valence-corrected chi connectivity index (χ1v) is 13.1. The molecule has 186 valence electrons. The van der Waals surface area contributed by atoms with Crippen LogP contribution in [0, 0.1) is 18.8 Å². The molecule has 3 aromatic heterocycles. The molecule has 0 amide bonds. The lowest BCUT2D eigenvalue weighted by Crippen LogP contribution is -2.30. The fraction of sp³-hybridized carbons (Fsp3) is 0.542. The van der Waals surface area contributed by atoms with Gasteiger partial charge in [0.25, 0.3) is 5.95 Å². The predicted molar refractivity (Wildman–Crippen MR) is 132 cm³/mol. The molecule has 2 atom stereocenters. The second-order valence-corrected chi connectivity index (χ2v) is 10.9. The number of anilines is 1. The molecule has 3 heterocycles. The van der Waals surface area contributed by atoms with Gasteiger partial charge in [-0.3, -0.25) is 4.79 Å². The number of hydrogen-bond donors (Lipinski definition) is 1. The largest absolute Gasteiger partial charge is 0.487 e. The number of nitrogens with one attached hydrogen (secondary N) is 1. The maximum atomic E-state index is 11.9. The number of esters is 1. The second kappa shape index (κ2) is 10.5. The molecule has 0 saturated heterocycles. The van der Waals surface area contributed by atoms with Crippen molar-refractivity contribution < 1.29 is 18.8 Å². The number of carbonyl (C=O) groups is 1. The first kappa shape index (κ1) is 24.0. The van der Waals surface area contributed by atoms with Crippen LogP contribution in [0.3, 0.4) is 0 Å². The molecule has 2 aliphatic carbocycles. The molecule has 9 nitrogen and oxygen atoms in total.